The van der Waals surface area contributed by atoms with Crippen LogP contribution < -0.4 is 10.9 Å². The highest BCUT2D eigenvalue weighted by Gasteiger charge is 2.24. The van der Waals surface area contributed by atoms with E-state index in [1.165, 1.54) is 16.6 Å². The number of nitrogens with zero attached hydrogens (tertiary/aromatic N) is 3. The number of hydrogen-bond acceptors (Lipinski definition) is 6. The van der Waals surface area contributed by atoms with Crippen molar-refractivity contribution in [2.24, 2.45) is 0 Å². The van der Waals surface area contributed by atoms with Crippen LogP contribution in [-0.2, 0) is 17.8 Å². The highest BCUT2D eigenvalue weighted by atomic mass is 32.2. The van der Waals surface area contributed by atoms with Crippen LogP contribution in [-0.4, -0.2) is 39.7 Å². The molecule has 2 aromatic carbocycles. The number of carbonyl (C=O) groups is 1. The largest absolute Gasteiger partial charge is 0.325 e. The van der Waals surface area contributed by atoms with Gasteiger partial charge in [0.15, 0.2) is 5.16 Å². The van der Waals surface area contributed by atoms with E-state index in [9.17, 15) is 9.59 Å². The van der Waals surface area contributed by atoms with E-state index in [0.717, 1.165) is 57.8 Å². The van der Waals surface area contributed by atoms with Gasteiger partial charge in [-0.15, -0.1) is 11.3 Å². The first-order valence-corrected chi connectivity index (χ1v) is 13.0. The SMILES string of the molecule is Cc1ccc(C)c(NC(=O)CSc2nc3sc4c(c3c(=O)n2-c2ccccc2)CCN(C)C4)c1. The van der Waals surface area contributed by atoms with Crippen molar-refractivity contribution in [2.75, 3.05) is 24.7 Å². The van der Waals surface area contributed by atoms with Crippen LogP contribution in [0.2, 0.25) is 0 Å². The summed E-state index contributed by atoms with van der Waals surface area (Å²) in [5.74, 6) is 0.0335. The predicted octanol–water partition coefficient (Wildman–Crippen LogP) is 4.78. The Labute approximate surface area is 206 Å². The molecule has 174 valence electrons. The average Bonchev–Trinajstić information content (AvgIpc) is 3.18. The van der Waals surface area contributed by atoms with Gasteiger partial charge in [0.05, 0.1) is 16.8 Å². The van der Waals surface area contributed by atoms with E-state index in [-0.39, 0.29) is 17.2 Å². The van der Waals surface area contributed by atoms with Gasteiger partial charge >= 0.3 is 0 Å². The molecule has 8 heteroatoms. The Morgan fingerprint density at radius 3 is 2.76 bits per heavy atom. The number of carbonyl (C=O) groups excluding carboxylic acids is 1. The molecule has 0 aliphatic carbocycles. The van der Waals surface area contributed by atoms with Gasteiger partial charge in [-0.1, -0.05) is 42.1 Å². The highest BCUT2D eigenvalue weighted by Crippen LogP contribution is 2.34. The van der Waals surface area contributed by atoms with E-state index >= 15 is 0 Å². The van der Waals surface area contributed by atoms with Crippen molar-refractivity contribution in [1.82, 2.24) is 14.5 Å². The van der Waals surface area contributed by atoms with Crippen LogP contribution in [0.3, 0.4) is 0 Å². The second-order valence-corrected chi connectivity index (χ2v) is 10.7. The molecule has 0 saturated carbocycles. The summed E-state index contributed by atoms with van der Waals surface area (Å²) in [6.45, 7) is 5.74. The van der Waals surface area contributed by atoms with Crippen LogP contribution in [0.4, 0.5) is 5.69 Å². The third kappa shape index (κ3) is 4.41. The van der Waals surface area contributed by atoms with Crippen molar-refractivity contribution in [2.45, 2.75) is 32.0 Å². The summed E-state index contributed by atoms with van der Waals surface area (Å²) in [6.07, 6.45) is 0.849. The van der Waals surface area contributed by atoms with Crippen molar-refractivity contribution < 1.29 is 4.79 Å². The molecule has 4 aromatic rings. The number of likely N-dealkylation sites (N-methyl/N-ethyl adjacent to an activating group) is 1. The summed E-state index contributed by atoms with van der Waals surface area (Å²) < 4.78 is 1.66. The Bertz CT molecular complexity index is 1440. The van der Waals surface area contributed by atoms with Gasteiger partial charge in [-0.25, -0.2) is 4.98 Å². The third-order valence-electron chi connectivity index (χ3n) is 6.05. The zero-order valence-corrected chi connectivity index (χ0v) is 21.1. The maximum atomic E-state index is 13.8. The molecule has 6 nitrogen and oxygen atoms in total. The van der Waals surface area contributed by atoms with Crippen molar-refractivity contribution in [1.29, 1.82) is 0 Å². The minimum absolute atomic E-state index is 0.0595. The molecule has 1 aliphatic rings. The van der Waals surface area contributed by atoms with Gasteiger partial charge in [0.25, 0.3) is 5.56 Å². The first kappa shape index (κ1) is 22.8. The maximum Gasteiger partial charge on any atom is 0.267 e. The standard InChI is InChI=1S/C26H26N4O2S2/c1-16-9-10-17(2)20(13-16)27-22(31)15-33-26-28-24-23(19-11-12-29(3)14-21(19)34-24)25(32)30(26)18-7-5-4-6-8-18/h4-10,13H,11-12,14-15H2,1-3H3,(H,27,31). The minimum atomic E-state index is -0.125. The summed E-state index contributed by atoms with van der Waals surface area (Å²) >= 11 is 2.89. The number of anilines is 1. The highest BCUT2D eigenvalue weighted by molar-refractivity contribution is 7.99. The number of aromatic nitrogens is 2. The molecule has 5 rings (SSSR count). The van der Waals surface area contributed by atoms with E-state index in [4.69, 9.17) is 4.98 Å². The Kier molecular flexibility index (Phi) is 6.29. The fourth-order valence-corrected chi connectivity index (χ4v) is 6.39. The van der Waals surface area contributed by atoms with Crippen LogP contribution in [0.1, 0.15) is 21.6 Å². The van der Waals surface area contributed by atoms with Crippen LogP contribution in [0.15, 0.2) is 58.5 Å². The molecule has 0 bridgehead atoms. The van der Waals surface area contributed by atoms with Crippen LogP contribution in [0, 0.1) is 13.8 Å². The molecule has 0 fully saturated rings. The molecule has 0 unspecified atom stereocenters. The number of benzene rings is 2. The van der Waals surface area contributed by atoms with Crippen LogP contribution in [0.5, 0.6) is 0 Å². The lowest BCUT2D eigenvalue weighted by atomic mass is 10.1. The second-order valence-electron chi connectivity index (χ2n) is 8.70. The predicted molar refractivity (Wildman–Crippen MR) is 141 cm³/mol. The Balaban J connectivity index is 1.51. The molecular formula is C26H26N4O2S2. The smallest absolute Gasteiger partial charge is 0.267 e. The lowest BCUT2D eigenvalue weighted by Crippen LogP contribution is -2.27. The third-order valence-corrected chi connectivity index (χ3v) is 8.10. The summed E-state index contributed by atoms with van der Waals surface area (Å²) in [5.41, 5.74) is 4.74. The normalized spacial score (nSPS) is 13.7. The van der Waals surface area contributed by atoms with Gasteiger partial charge in [0, 0.05) is 23.7 Å². The number of thioether (sulfide) groups is 1. The summed E-state index contributed by atoms with van der Waals surface area (Å²) in [7, 11) is 2.10. The van der Waals surface area contributed by atoms with Gasteiger partial charge in [0.1, 0.15) is 4.83 Å². The van der Waals surface area contributed by atoms with Gasteiger partial charge in [-0.3, -0.25) is 14.2 Å². The number of fused-ring (bicyclic) bond motifs is 3. The van der Waals surface area contributed by atoms with E-state index in [1.807, 2.05) is 62.4 Å². The maximum absolute atomic E-state index is 13.8. The van der Waals surface area contributed by atoms with Crippen LogP contribution >= 0.6 is 23.1 Å². The molecule has 3 heterocycles. The van der Waals surface area contributed by atoms with Crippen molar-refractivity contribution >= 4 is 44.9 Å². The summed E-state index contributed by atoms with van der Waals surface area (Å²) in [6, 6.07) is 15.5. The molecule has 0 saturated heterocycles. The Hall–Kier alpha value is -2.94. The monoisotopic (exact) mass is 490 g/mol. The van der Waals surface area contributed by atoms with E-state index in [1.54, 1.807) is 15.9 Å². The lowest BCUT2D eigenvalue weighted by molar-refractivity contribution is -0.113. The Morgan fingerprint density at radius 1 is 1.18 bits per heavy atom. The fourth-order valence-electron chi connectivity index (χ4n) is 4.24. The van der Waals surface area contributed by atoms with E-state index < -0.39 is 0 Å². The molecule has 1 aliphatic heterocycles. The Morgan fingerprint density at radius 2 is 1.97 bits per heavy atom. The molecule has 2 aromatic heterocycles. The van der Waals surface area contributed by atoms with Crippen molar-refractivity contribution in [3.63, 3.8) is 0 Å². The van der Waals surface area contributed by atoms with Gasteiger partial charge in [-0.05, 0) is 62.2 Å². The molecule has 0 radical (unpaired) electrons. The van der Waals surface area contributed by atoms with E-state index in [2.05, 4.69) is 17.3 Å². The number of hydrogen-bond donors (Lipinski definition) is 1. The van der Waals surface area contributed by atoms with Crippen molar-refractivity contribution in [3.8, 4) is 5.69 Å². The molecular weight excluding hydrogens is 464 g/mol. The van der Waals surface area contributed by atoms with Crippen LogP contribution in [0.25, 0.3) is 15.9 Å². The van der Waals surface area contributed by atoms with Gasteiger partial charge < -0.3 is 10.2 Å². The lowest BCUT2D eigenvalue weighted by Gasteiger charge is -2.21. The summed E-state index contributed by atoms with van der Waals surface area (Å²) in [4.78, 5) is 35.7. The number of rotatable bonds is 5. The molecule has 1 N–H and O–H groups in total. The number of thiophene rings is 1. The number of para-hydroxylation sites is 1. The average molecular weight is 491 g/mol. The molecule has 1 amide bonds. The quantitative estimate of drug-likeness (QED) is 0.322. The fraction of sp³-hybridized carbons (Fsp3) is 0.269. The molecule has 0 atom stereocenters. The molecule has 0 spiro atoms. The van der Waals surface area contributed by atoms with Gasteiger partial charge in [0.2, 0.25) is 5.91 Å². The minimum Gasteiger partial charge on any atom is -0.325 e. The number of amides is 1. The molecule has 34 heavy (non-hydrogen) atoms. The second kappa shape index (κ2) is 9.37. The summed E-state index contributed by atoms with van der Waals surface area (Å²) in [5, 5.41) is 4.26. The van der Waals surface area contributed by atoms with Gasteiger partial charge in [-0.2, -0.15) is 0 Å². The first-order chi connectivity index (χ1) is 16.4. The zero-order valence-electron chi connectivity index (χ0n) is 19.4. The topological polar surface area (TPSA) is 67.2 Å². The number of aryl methyl sites for hydroxylation is 2. The number of nitrogens with one attached hydrogen (secondary N) is 1. The zero-order chi connectivity index (χ0) is 23.8. The van der Waals surface area contributed by atoms with E-state index in [0.29, 0.717) is 5.16 Å². The first-order valence-electron chi connectivity index (χ1n) is 11.2. The van der Waals surface area contributed by atoms with Crippen molar-refractivity contribution in [3.05, 3.63) is 80.5 Å².